The van der Waals surface area contributed by atoms with Crippen molar-refractivity contribution in [3.63, 3.8) is 0 Å². The number of aromatic nitrogens is 2. The monoisotopic (exact) mass is 294 g/mol. The van der Waals surface area contributed by atoms with Gasteiger partial charge in [0.1, 0.15) is 6.10 Å². The molecule has 0 saturated carbocycles. The molecule has 2 amide bonds. The molecule has 1 fully saturated rings. The molecule has 0 bridgehead atoms. The molecule has 1 aliphatic rings. The van der Waals surface area contributed by atoms with Crippen molar-refractivity contribution in [2.75, 3.05) is 20.2 Å². The lowest BCUT2D eigenvalue weighted by molar-refractivity contribution is 0.0961. The van der Waals surface area contributed by atoms with E-state index in [1.165, 1.54) is 7.11 Å². The smallest absolute Gasteiger partial charge is 0.317 e. The predicted molar refractivity (Wildman–Crippen MR) is 77.5 cm³/mol. The maximum absolute atomic E-state index is 12.0. The summed E-state index contributed by atoms with van der Waals surface area (Å²) in [6.45, 7) is 5.21. The number of ether oxygens (including phenoxy) is 2. The SMILES string of the molecule is COc1ccc(OC2CCCN(C(=O)NC(C)C)C2)nn1. The molecule has 0 aliphatic carbocycles. The Balaban J connectivity index is 1.89. The molecule has 1 aromatic rings. The normalized spacial score (nSPS) is 18.5. The second-order valence-corrected chi connectivity index (χ2v) is 5.35. The minimum absolute atomic E-state index is 0.0425. The number of rotatable bonds is 4. The lowest BCUT2D eigenvalue weighted by atomic mass is 10.1. The van der Waals surface area contributed by atoms with Gasteiger partial charge in [0.25, 0.3) is 0 Å². The summed E-state index contributed by atoms with van der Waals surface area (Å²) in [6.07, 6.45) is 1.76. The van der Waals surface area contributed by atoms with Crippen LogP contribution < -0.4 is 14.8 Å². The minimum atomic E-state index is -0.0562. The predicted octanol–water partition coefficient (Wildman–Crippen LogP) is 1.45. The van der Waals surface area contributed by atoms with Crippen LogP contribution in [-0.4, -0.2) is 53.5 Å². The largest absolute Gasteiger partial charge is 0.480 e. The number of piperidine rings is 1. The van der Waals surface area contributed by atoms with Crippen molar-refractivity contribution in [2.45, 2.75) is 38.8 Å². The molecular formula is C14H22N4O3. The molecule has 7 nitrogen and oxygen atoms in total. The summed E-state index contributed by atoms with van der Waals surface area (Å²) >= 11 is 0. The van der Waals surface area contributed by atoms with Crippen molar-refractivity contribution in [1.29, 1.82) is 0 Å². The first-order valence-corrected chi connectivity index (χ1v) is 7.18. The molecule has 1 saturated heterocycles. The molecule has 1 N–H and O–H groups in total. The molecule has 1 unspecified atom stereocenters. The number of nitrogens with one attached hydrogen (secondary N) is 1. The highest BCUT2D eigenvalue weighted by molar-refractivity contribution is 5.74. The van der Waals surface area contributed by atoms with E-state index in [0.717, 1.165) is 19.4 Å². The van der Waals surface area contributed by atoms with Gasteiger partial charge in [-0.25, -0.2) is 4.79 Å². The highest BCUT2D eigenvalue weighted by Crippen LogP contribution is 2.17. The van der Waals surface area contributed by atoms with Crippen LogP contribution in [0.5, 0.6) is 11.8 Å². The van der Waals surface area contributed by atoms with Gasteiger partial charge < -0.3 is 19.7 Å². The zero-order chi connectivity index (χ0) is 15.2. The molecule has 7 heteroatoms. The second kappa shape index (κ2) is 7.10. The van der Waals surface area contributed by atoms with Gasteiger partial charge in [-0.05, 0) is 26.7 Å². The fourth-order valence-electron chi connectivity index (χ4n) is 2.21. The Labute approximate surface area is 124 Å². The number of likely N-dealkylation sites (tertiary alicyclic amines) is 1. The fourth-order valence-corrected chi connectivity index (χ4v) is 2.21. The first kappa shape index (κ1) is 15.3. The van der Waals surface area contributed by atoms with Gasteiger partial charge >= 0.3 is 6.03 Å². The third-order valence-corrected chi connectivity index (χ3v) is 3.19. The average molecular weight is 294 g/mol. The lowest BCUT2D eigenvalue weighted by Gasteiger charge is -2.33. The summed E-state index contributed by atoms with van der Waals surface area (Å²) in [5.74, 6) is 0.899. The number of amides is 2. The summed E-state index contributed by atoms with van der Waals surface area (Å²) in [4.78, 5) is 13.8. The standard InChI is InChI=1S/C14H22N4O3/c1-10(2)15-14(19)18-8-4-5-11(9-18)21-13-7-6-12(20-3)16-17-13/h6-7,10-11H,4-5,8-9H2,1-3H3,(H,15,19). The second-order valence-electron chi connectivity index (χ2n) is 5.35. The Bertz CT molecular complexity index is 464. The Kier molecular flexibility index (Phi) is 5.19. The van der Waals surface area contributed by atoms with Crippen LogP contribution in [0.1, 0.15) is 26.7 Å². The number of hydrogen-bond donors (Lipinski definition) is 1. The summed E-state index contributed by atoms with van der Waals surface area (Å²) in [5.41, 5.74) is 0. The van der Waals surface area contributed by atoms with E-state index in [0.29, 0.717) is 18.3 Å². The van der Waals surface area contributed by atoms with E-state index in [4.69, 9.17) is 9.47 Å². The van der Waals surface area contributed by atoms with Crippen LogP contribution in [0, 0.1) is 0 Å². The summed E-state index contributed by atoms with van der Waals surface area (Å²) < 4.78 is 10.7. The van der Waals surface area contributed by atoms with Crippen molar-refractivity contribution in [2.24, 2.45) is 0 Å². The molecule has 116 valence electrons. The van der Waals surface area contributed by atoms with Crippen LogP contribution in [0.25, 0.3) is 0 Å². The summed E-state index contributed by atoms with van der Waals surface area (Å²) in [7, 11) is 1.54. The number of carbonyl (C=O) groups is 1. The van der Waals surface area contributed by atoms with Crippen LogP contribution in [-0.2, 0) is 0 Å². The average Bonchev–Trinajstić information content (AvgIpc) is 2.47. The van der Waals surface area contributed by atoms with Crippen molar-refractivity contribution < 1.29 is 14.3 Å². The van der Waals surface area contributed by atoms with Gasteiger partial charge in [-0.1, -0.05) is 0 Å². The van der Waals surface area contributed by atoms with Crippen LogP contribution in [0.4, 0.5) is 4.79 Å². The number of carbonyl (C=O) groups excluding carboxylic acids is 1. The fraction of sp³-hybridized carbons (Fsp3) is 0.643. The molecule has 2 heterocycles. The van der Waals surface area contributed by atoms with E-state index in [1.807, 2.05) is 13.8 Å². The maximum Gasteiger partial charge on any atom is 0.317 e. The third kappa shape index (κ3) is 4.47. The van der Waals surface area contributed by atoms with Crippen molar-refractivity contribution >= 4 is 6.03 Å². The number of nitrogens with zero attached hydrogens (tertiary/aromatic N) is 3. The van der Waals surface area contributed by atoms with E-state index < -0.39 is 0 Å². The van der Waals surface area contributed by atoms with Gasteiger partial charge in [-0.2, -0.15) is 0 Å². The first-order chi connectivity index (χ1) is 10.1. The summed E-state index contributed by atoms with van der Waals surface area (Å²) in [5, 5.41) is 10.7. The number of urea groups is 1. The van der Waals surface area contributed by atoms with Crippen molar-refractivity contribution in [3.8, 4) is 11.8 Å². The van der Waals surface area contributed by atoms with Crippen LogP contribution in [0.2, 0.25) is 0 Å². The van der Waals surface area contributed by atoms with Crippen molar-refractivity contribution in [3.05, 3.63) is 12.1 Å². The molecule has 0 radical (unpaired) electrons. The number of methoxy groups -OCH3 is 1. The Morgan fingerprint density at radius 1 is 1.38 bits per heavy atom. The minimum Gasteiger partial charge on any atom is -0.480 e. The maximum atomic E-state index is 12.0. The van der Waals surface area contributed by atoms with E-state index in [2.05, 4.69) is 15.5 Å². The lowest BCUT2D eigenvalue weighted by Crippen LogP contribution is -2.50. The summed E-state index contributed by atoms with van der Waals surface area (Å²) in [6, 6.07) is 3.51. The van der Waals surface area contributed by atoms with Crippen molar-refractivity contribution in [1.82, 2.24) is 20.4 Å². The van der Waals surface area contributed by atoms with Gasteiger partial charge in [0.15, 0.2) is 0 Å². The van der Waals surface area contributed by atoms with Crippen LogP contribution >= 0.6 is 0 Å². The quantitative estimate of drug-likeness (QED) is 0.909. The highest BCUT2D eigenvalue weighted by atomic mass is 16.5. The molecule has 21 heavy (non-hydrogen) atoms. The first-order valence-electron chi connectivity index (χ1n) is 7.18. The van der Waals surface area contributed by atoms with Gasteiger partial charge in [0.2, 0.25) is 11.8 Å². The Hall–Kier alpha value is -2.05. The molecule has 1 aromatic heterocycles. The molecule has 1 atom stereocenters. The van der Waals surface area contributed by atoms with Gasteiger partial charge in [0.05, 0.1) is 13.7 Å². The van der Waals surface area contributed by atoms with Gasteiger partial charge in [-0.3, -0.25) is 0 Å². The van der Waals surface area contributed by atoms with E-state index in [9.17, 15) is 4.79 Å². The zero-order valence-corrected chi connectivity index (χ0v) is 12.7. The zero-order valence-electron chi connectivity index (χ0n) is 12.7. The van der Waals surface area contributed by atoms with Gasteiger partial charge in [0, 0.05) is 24.7 Å². The Morgan fingerprint density at radius 3 is 2.71 bits per heavy atom. The molecule has 1 aliphatic heterocycles. The third-order valence-electron chi connectivity index (χ3n) is 3.19. The topological polar surface area (TPSA) is 76.6 Å². The van der Waals surface area contributed by atoms with Crippen LogP contribution in [0.15, 0.2) is 12.1 Å². The van der Waals surface area contributed by atoms with Gasteiger partial charge in [-0.15, -0.1) is 10.2 Å². The number of hydrogen-bond acceptors (Lipinski definition) is 5. The van der Waals surface area contributed by atoms with E-state index in [1.54, 1.807) is 17.0 Å². The van der Waals surface area contributed by atoms with E-state index in [-0.39, 0.29) is 18.2 Å². The molecule has 0 spiro atoms. The molecule has 2 rings (SSSR count). The molecular weight excluding hydrogens is 272 g/mol. The van der Waals surface area contributed by atoms with Crippen LogP contribution in [0.3, 0.4) is 0 Å². The molecule has 0 aromatic carbocycles. The highest BCUT2D eigenvalue weighted by Gasteiger charge is 2.25. The Morgan fingerprint density at radius 2 is 2.10 bits per heavy atom. The van der Waals surface area contributed by atoms with E-state index >= 15 is 0 Å².